The lowest BCUT2D eigenvalue weighted by Gasteiger charge is -2.39. The first-order chi connectivity index (χ1) is 19.9. The number of amides is 2. The van der Waals surface area contributed by atoms with Gasteiger partial charge in [0.25, 0.3) is 5.69 Å². The maximum absolute atomic E-state index is 14.2. The van der Waals surface area contributed by atoms with Crippen LogP contribution in [0, 0.1) is 17.0 Å². The SMILES string of the molecule is CCCCN(CC(=O)N1c2ccccc2-n2cccc2[C@H]1c1ccc(C)cc1)C(=O)/C=C/c1ccc([N+](=O)[O-])cc1. The minimum Gasteiger partial charge on any atom is -0.330 e. The number of hydrogen-bond donors (Lipinski definition) is 0. The van der Waals surface area contributed by atoms with Gasteiger partial charge in [0.15, 0.2) is 0 Å². The summed E-state index contributed by atoms with van der Waals surface area (Å²) in [7, 11) is 0. The van der Waals surface area contributed by atoms with Gasteiger partial charge in [0, 0.05) is 31.0 Å². The van der Waals surface area contributed by atoms with Gasteiger partial charge in [0.05, 0.1) is 22.0 Å². The van der Waals surface area contributed by atoms with Crippen LogP contribution in [0.5, 0.6) is 0 Å². The number of rotatable bonds is 9. The molecule has 3 aromatic carbocycles. The molecule has 0 spiro atoms. The van der Waals surface area contributed by atoms with Crippen LogP contribution in [0.4, 0.5) is 11.4 Å². The van der Waals surface area contributed by atoms with Crippen LogP contribution in [-0.2, 0) is 9.59 Å². The minimum absolute atomic E-state index is 0.0141. The molecule has 1 aliphatic rings. The lowest BCUT2D eigenvalue weighted by Crippen LogP contribution is -2.46. The van der Waals surface area contributed by atoms with Crippen LogP contribution in [0.3, 0.4) is 0 Å². The second kappa shape index (κ2) is 12.0. The van der Waals surface area contributed by atoms with Crippen molar-refractivity contribution in [2.75, 3.05) is 18.0 Å². The largest absolute Gasteiger partial charge is 0.330 e. The molecule has 5 rings (SSSR count). The van der Waals surface area contributed by atoms with Gasteiger partial charge in [-0.15, -0.1) is 0 Å². The van der Waals surface area contributed by atoms with Gasteiger partial charge in [0.1, 0.15) is 12.6 Å². The second-order valence-corrected chi connectivity index (χ2v) is 10.2. The molecule has 1 atom stereocenters. The van der Waals surface area contributed by atoms with E-state index < -0.39 is 4.92 Å². The van der Waals surface area contributed by atoms with Crippen LogP contribution in [0.2, 0.25) is 0 Å². The third-order valence-electron chi connectivity index (χ3n) is 7.32. The molecule has 208 valence electrons. The Morgan fingerprint density at radius 1 is 0.951 bits per heavy atom. The number of carbonyl (C=O) groups is 2. The van der Waals surface area contributed by atoms with E-state index in [9.17, 15) is 19.7 Å². The fourth-order valence-corrected chi connectivity index (χ4v) is 5.16. The summed E-state index contributed by atoms with van der Waals surface area (Å²) in [6.07, 6.45) is 6.68. The van der Waals surface area contributed by atoms with Crippen LogP contribution in [0.15, 0.2) is 97.2 Å². The Kier molecular flexibility index (Phi) is 8.10. The predicted octanol–water partition coefficient (Wildman–Crippen LogP) is 6.47. The second-order valence-electron chi connectivity index (χ2n) is 10.2. The first-order valence-corrected chi connectivity index (χ1v) is 13.7. The number of nitro groups is 1. The van der Waals surface area contributed by atoms with E-state index in [-0.39, 0.29) is 30.1 Å². The van der Waals surface area contributed by atoms with E-state index in [4.69, 9.17) is 0 Å². The molecule has 1 aliphatic heterocycles. The van der Waals surface area contributed by atoms with Crippen molar-refractivity contribution in [2.45, 2.75) is 32.7 Å². The van der Waals surface area contributed by atoms with Crippen molar-refractivity contribution < 1.29 is 14.5 Å². The first kappa shape index (κ1) is 27.6. The van der Waals surface area contributed by atoms with E-state index in [1.807, 2.05) is 73.5 Å². The maximum Gasteiger partial charge on any atom is 0.269 e. The molecule has 0 N–H and O–H groups in total. The van der Waals surface area contributed by atoms with Crippen molar-refractivity contribution in [3.8, 4) is 5.69 Å². The minimum atomic E-state index is -0.462. The van der Waals surface area contributed by atoms with Crippen molar-refractivity contribution in [1.29, 1.82) is 0 Å². The van der Waals surface area contributed by atoms with E-state index in [1.165, 1.54) is 18.2 Å². The quantitative estimate of drug-likeness (QED) is 0.136. The van der Waals surface area contributed by atoms with Crippen LogP contribution in [0.25, 0.3) is 11.8 Å². The number of nitrogens with zero attached hydrogens (tertiary/aromatic N) is 4. The van der Waals surface area contributed by atoms with Crippen molar-refractivity contribution in [1.82, 2.24) is 9.47 Å². The first-order valence-electron chi connectivity index (χ1n) is 13.7. The number of aromatic nitrogens is 1. The molecule has 8 nitrogen and oxygen atoms in total. The highest BCUT2D eigenvalue weighted by molar-refractivity contribution is 6.02. The smallest absolute Gasteiger partial charge is 0.269 e. The number of carbonyl (C=O) groups excluding carboxylic acids is 2. The van der Waals surface area contributed by atoms with E-state index >= 15 is 0 Å². The van der Waals surface area contributed by atoms with Crippen LogP contribution in [-0.4, -0.2) is 39.3 Å². The molecular weight excluding hydrogens is 516 g/mol. The molecule has 0 saturated heterocycles. The summed E-state index contributed by atoms with van der Waals surface area (Å²) in [6.45, 7) is 4.43. The van der Waals surface area contributed by atoms with Crippen LogP contribution in [0.1, 0.15) is 48.2 Å². The van der Waals surface area contributed by atoms with Gasteiger partial charge in [-0.2, -0.15) is 0 Å². The van der Waals surface area contributed by atoms with Gasteiger partial charge in [-0.3, -0.25) is 24.6 Å². The molecule has 41 heavy (non-hydrogen) atoms. The highest BCUT2D eigenvalue weighted by atomic mass is 16.6. The van der Waals surface area contributed by atoms with Gasteiger partial charge in [-0.05, 0) is 66.9 Å². The summed E-state index contributed by atoms with van der Waals surface area (Å²) < 4.78 is 2.12. The maximum atomic E-state index is 14.2. The normalized spacial score (nSPS) is 14.0. The average Bonchev–Trinajstić information content (AvgIpc) is 3.48. The van der Waals surface area contributed by atoms with E-state index in [0.29, 0.717) is 12.1 Å². The third-order valence-corrected chi connectivity index (χ3v) is 7.32. The highest BCUT2D eigenvalue weighted by Crippen LogP contribution is 2.42. The molecule has 0 unspecified atom stereocenters. The molecule has 2 amide bonds. The molecule has 0 aliphatic carbocycles. The lowest BCUT2D eigenvalue weighted by molar-refractivity contribution is -0.384. The average molecular weight is 549 g/mol. The molecule has 0 saturated carbocycles. The van der Waals surface area contributed by atoms with Gasteiger partial charge < -0.3 is 9.47 Å². The van der Waals surface area contributed by atoms with E-state index in [1.54, 1.807) is 23.1 Å². The van der Waals surface area contributed by atoms with Crippen molar-refractivity contribution >= 4 is 29.3 Å². The molecule has 0 radical (unpaired) electrons. The number of para-hydroxylation sites is 2. The molecule has 0 fully saturated rings. The third kappa shape index (κ3) is 5.82. The van der Waals surface area contributed by atoms with Crippen LogP contribution < -0.4 is 4.90 Å². The summed E-state index contributed by atoms with van der Waals surface area (Å²) in [6, 6.07) is 25.7. The Morgan fingerprint density at radius 2 is 1.66 bits per heavy atom. The Bertz CT molecular complexity index is 1590. The molecular formula is C33H32N4O4. The van der Waals surface area contributed by atoms with Gasteiger partial charge in [0.2, 0.25) is 11.8 Å². The molecule has 0 bridgehead atoms. The number of hydrogen-bond acceptors (Lipinski definition) is 4. The van der Waals surface area contributed by atoms with Gasteiger partial charge >= 0.3 is 0 Å². The molecule has 8 heteroatoms. The number of anilines is 1. The number of nitro benzene ring substituents is 1. The van der Waals surface area contributed by atoms with E-state index in [2.05, 4.69) is 16.7 Å². The zero-order chi connectivity index (χ0) is 28.9. The monoisotopic (exact) mass is 548 g/mol. The fourth-order valence-electron chi connectivity index (χ4n) is 5.16. The zero-order valence-corrected chi connectivity index (χ0v) is 23.1. The van der Waals surface area contributed by atoms with Crippen molar-refractivity contribution in [3.63, 3.8) is 0 Å². The molecule has 1 aromatic heterocycles. The summed E-state index contributed by atoms with van der Waals surface area (Å²) in [5, 5.41) is 10.9. The zero-order valence-electron chi connectivity index (χ0n) is 23.1. The highest BCUT2D eigenvalue weighted by Gasteiger charge is 2.36. The Balaban J connectivity index is 1.46. The fraction of sp³-hybridized carbons (Fsp3) is 0.212. The van der Waals surface area contributed by atoms with Crippen molar-refractivity contribution in [3.05, 3.63) is 130 Å². The predicted molar refractivity (Wildman–Crippen MR) is 160 cm³/mol. The Morgan fingerprint density at radius 3 is 2.34 bits per heavy atom. The summed E-state index contributed by atoms with van der Waals surface area (Å²) in [5.41, 5.74) is 5.45. The molecule has 4 aromatic rings. The summed E-state index contributed by atoms with van der Waals surface area (Å²) >= 11 is 0. The van der Waals surface area contributed by atoms with Crippen molar-refractivity contribution in [2.24, 2.45) is 0 Å². The summed E-state index contributed by atoms with van der Waals surface area (Å²) in [4.78, 5) is 41.5. The van der Waals surface area contributed by atoms with Gasteiger partial charge in [-0.25, -0.2) is 0 Å². The lowest BCUT2D eigenvalue weighted by atomic mass is 9.97. The number of fused-ring (bicyclic) bond motifs is 3. The molecule has 2 heterocycles. The topological polar surface area (TPSA) is 88.7 Å². The number of non-ortho nitro benzene ring substituents is 1. The van der Waals surface area contributed by atoms with Gasteiger partial charge in [-0.1, -0.05) is 55.3 Å². The Labute approximate surface area is 239 Å². The van der Waals surface area contributed by atoms with E-state index in [0.717, 1.165) is 41.0 Å². The standard InChI is InChI=1S/C33H32N4O4/c1-3-4-21-34(31(38)20-15-25-13-18-27(19-14-25)37(40)41)23-32(39)36-29-9-6-5-8-28(29)35-22-7-10-30(35)33(36)26-16-11-24(2)12-17-26/h5-20,22,33H,3-4,21,23H2,1-2H3/b20-15+/t33-/m1/s1. The number of benzene rings is 3. The number of unbranched alkanes of at least 4 members (excludes halogenated alkanes) is 1. The Hall–Kier alpha value is -4.98. The van der Waals surface area contributed by atoms with Crippen LogP contribution >= 0.6 is 0 Å². The number of aryl methyl sites for hydroxylation is 1. The summed E-state index contributed by atoms with van der Waals surface area (Å²) in [5.74, 6) is -0.464.